The van der Waals surface area contributed by atoms with Crippen molar-refractivity contribution in [3.8, 4) is 0 Å². The first-order valence-electron chi connectivity index (χ1n) is 5.10. The van der Waals surface area contributed by atoms with E-state index >= 15 is 0 Å². The molecule has 0 radical (unpaired) electrons. The molecule has 0 aliphatic carbocycles. The Hall–Kier alpha value is -1.87. The summed E-state index contributed by atoms with van der Waals surface area (Å²) < 4.78 is 0. The Bertz CT molecular complexity index is 670. The third kappa shape index (κ3) is 1.29. The van der Waals surface area contributed by atoms with Gasteiger partial charge in [-0.15, -0.1) is 0 Å². The summed E-state index contributed by atoms with van der Waals surface area (Å²) in [5, 5.41) is 5.53. The first kappa shape index (κ1) is 9.36. The van der Waals surface area contributed by atoms with Crippen LogP contribution in [0.1, 0.15) is 0 Å². The number of aromatic nitrogens is 1. The van der Waals surface area contributed by atoms with Gasteiger partial charge in [-0.05, 0) is 12.1 Å². The van der Waals surface area contributed by atoms with E-state index in [-0.39, 0.29) is 0 Å². The van der Waals surface area contributed by atoms with Crippen LogP contribution >= 0.6 is 12.2 Å². The van der Waals surface area contributed by atoms with Gasteiger partial charge in [0.2, 0.25) is 0 Å². The molecule has 2 N–H and O–H groups in total. The lowest BCUT2D eigenvalue weighted by atomic mass is 10.1. The number of hydrogen-bond donors (Lipinski definition) is 2. The fourth-order valence-corrected chi connectivity index (χ4v) is 2.18. The summed E-state index contributed by atoms with van der Waals surface area (Å²) >= 11 is 4.83. The number of H-pyrrole nitrogens is 1. The zero-order chi connectivity index (χ0) is 11.0. The van der Waals surface area contributed by atoms with Crippen molar-refractivity contribution in [2.75, 3.05) is 5.32 Å². The predicted octanol–water partition coefficient (Wildman–Crippen LogP) is 3.69. The van der Waals surface area contributed by atoms with Gasteiger partial charge in [0.15, 0.2) is 0 Å². The lowest BCUT2D eigenvalue weighted by molar-refractivity contribution is 1.54. The van der Waals surface area contributed by atoms with Crippen LogP contribution in [0.2, 0.25) is 0 Å². The van der Waals surface area contributed by atoms with Gasteiger partial charge in [-0.25, -0.2) is 0 Å². The Kier molecular flexibility index (Phi) is 2.11. The van der Waals surface area contributed by atoms with Gasteiger partial charge in [-0.1, -0.05) is 42.5 Å². The fourth-order valence-electron chi connectivity index (χ4n) is 2.06. The maximum Gasteiger partial charge on any atom is 0.0704 e. The van der Waals surface area contributed by atoms with E-state index in [4.69, 9.17) is 12.2 Å². The predicted molar refractivity (Wildman–Crippen MR) is 73.1 cm³/mol. The van der Waals surface area contributed by atoms with Crippen LogP contribution in [0.3, 0.4) is 0 Å². The van der Waals surface area contributed by atoms with Gasteiger partial charge < -0.3 is 10.3 Å². The Morgan fingerprint density at radius 1 is 1.00 bits per heavy atom. The molecule has 0 bridgehead atoms. The minimum atomic E-state index is 1.02. The second-order valence-electron chi connectivity index (χ2n) is 3.66. The van der Waals surface area contributed by atoms with E-state index in [1.54, 1.807) is 0 Å². The molecule has 1 aromatic heterocycles. The van der Waals surface area contributed by atoms with E-state index in [1.807, 2.05) is 18.2 Å². The number of anilines is 1. The molecule has 0 amide bonds. The van der Waals surface area contributed by atoms with Gasteiger partial charge >= 0.3 is 0 Å². The van der Waals surface area contributed by atoms with Crippen LogP contribution in [0.4, 0.5) is 5.69 Å². The molecule has 1 heterocycles. The van der Waals surface area contributed by atoms with Crippen molar-refractivity contribution in [1.29, 1.82) is 0 Å². The van der Waals surface area contributed by atoms with Crippen molar-refractivity contribution in [3.05, 3.63) is 42.5 Å². The molecule has 3 rings (SSSR count). The molecule has 3 heteroatoms. The highest BCUT2D eigenvalue weighted by atomic mass is 32.1. The van der Waals surface area contributed by atoms with Crippen LogP contribution in [0.25, 0.3) is 21.8 Å². The van der Waals surface area contributed by atoms with Crippen LogP contribution in [-0.2, 0) is 0 Å². The van der Waals surface area contributed by atoms with E-state index in [0.29, 0.717) is 0 Å². The molecule has 0 aliphatic heterocycles. The average molecular weight is 226 g/mol. The summed E-state index contributed by atoms with van der Waals surface area (Å²) in [5.41, 5.74) is 4.80. The lowest BCUT2D eigenvalue weighted by Gasteiger charge is -2.00. The maximum atomic E-state index is 4.83. The Balaban J connectivity index is 2.43. The zero-order valence-corrected chi connectivity index (χ0v) is 9.34. The normalized spacial score (nSPS) is 10.8. The smallest absolute Gasteiger partial charge is 0.0704 e. The van der Waals surface area contributed by atoms with Crippen molar-refractivity contribution in [3.63, 3.8) is 0 Å². The van der Waals surface area contributed by atoms with E-state index < -0.39 is 0 Å². The van der Waals surface area contributed by atoms with Crippen LogP contribution in [0, 0.1) is 0 Å². The van der Waals surface area contributed by atoms with Gasteiger partial charge in [0.05, 0.1) is 16.7 Å². The third-order valence-corrected chi connectivity index (χ3v) is 2.87. The number of para-hydroxylation sites is 2. The van der Waals surface area contributed by atoms with Gasteiger partial charge in [0.1, 0.15) is 0 Å². The molecule has 0 saturated heterocycles. The standard InChI is InChI=1S/C13H10N2S/c16-8-14-12-7-3-5-10-9-4-1-2-6-11(9)15-13(10)12/h1-8,15H,(H,14,16). The van der Waals surface area contributed by atoms with Crippen molar-refractivity contribution < 1.29 is 0 Å². The summed E-state index contributed by atoms with van der Waals surface area (Å²) in [5.74, 6) is 0. The topological polar surface area (TPSA) is 27.8 Å². The molecular formula is C13H10N2S. The summed E-state index contributed by atoms with van der Waals surface area (Å²) in [7, 11) is 0. The quantitative estimate of drug-likeness (QED) is 0.652. The minimum Gasteiger partial charge on any atom is -0.353 e. The van der Waals surface area contributed by atoms with Crippen LogP contribution in [0.5, 0.6) is 0 Å². The number of nitrogens with one attached hydrogen (secondary N) is 2. The fraction of sp³-hybridized carbons (Fsp3) is 0. The van der Waals surface area contributed by atoms with E-state index in [2.05, 4.69) is 34.6 Å². The van der Waals surface area contributed by atoms with E-state index in [0.717, 1.165) is 16.7 Å². The zero-order valence-electron chi connectivity index (χ0n) is 8.53. The van der Waals surface area contributed by atoms with Gasteiger partial charge in [0, 0.05) is 16.3 Å². The van der Waals surface area contributed by atoms with Crippen LogP contribution < -0.4 is 5.32 Å². The number of rotatable bonds is 2. The molecule has 16 heavy (non-hydrogen) atoms. The van der Waals surface area contributed by atoms with Gasteiger partial charge in [-0.2, -0.15) is 0 Å². The minimum absolute atomic E-state index is 1.02. The van der Waals surface area contributed by atoms with Crippen LogP contribution in [0.15, 0.2) is 42.5 Å². The highest BCUT2D eigenvalue weighted by Crippen LogP contribution is 2.29. The molecule has 2 aromatic carbocycles. The summed E-state index contributed by atoms with van der Waals surface area (Å²) in [6.45, 7) is 0. The first-order valence-corrected chi connectivity index (χ1v) is 5.57. The largest absolute Gasteiger partial charge is 0.353 e. The molecule has 0 unspecified atom stereocenters. The van der Waals surface area contributed by atoms with E-state index in [1.165, 1.54) is 16.3 Å². The molecular weight excluding hydrogens is 216 g/mol. The molecule has 78 valence electrons. The van der Waals surface area contributed by atoms with Crippen molar-refractivity contribution in [1.82, 2.24) is 4.98 Å². The number of thiocarbonyl (C=S) groups is 1. The maximum absolute atomic E-state index is 4.83. The third-order valence-electron chi connectivity index (χ3n) is 2.76. The Morgan fingerprint density at radius 2 is 1.81 bits per heavy atom. The van der Waals surface area contributed by atoms with Crippen molar-refractivity contribution in [2.45, 2.75) is 0 Å². The van der Waals surface area contributed by atoms with Crippen molar-refractivity contribution in [2.24, 2.45) is 0 Å². The second-order valence-corrected chi connectivity index (χ2v) is 3.90. The number of hydrogen-bond acceptors (Lipinski definition) is 1. The molecule has 0 saturated carbocycles. The monoisotopic (exact) mass is 226 g/mol. The van der Waals surface area contributed by atoms with Crippen LogP contribution in [-0.4, -0.2) is 10.5 Å². The summed E-state index contributed by atoms with van der Waals surface area (Å²) in [4.78, 5) is 3.40. The second kappa shape index (κ2) is 3.61. The Labute approximate surface area is 98.3 Å². The summed E-state index contributed by atoms with van der Waals surface area (Å²) in [6.07, 6.45) is 0. The highest BCUT2D eigenvalue weighted by molar-refractivity contribution is 7.79. The van der Waals surface area contributed by atoms with Gasteiger partial charge in [0.25, 0.3) is 0 Å². The first-order chi connectivity index (χ1) is 7.90. The molecule has 0 spiro atoms. The molecule has 2 nitrogen and oxygen atoms in total. The summed E-state index contributed by atoms with van der Waals surface area (Å²) in [6, 6.07) is 14.4. The number of benzene rings is 2. The molecule has 0 atom stereocenters. The number of fused-ring (bicyclic) bond motifs is 3. The van der Waals surface area contributed by atoms with E-state index in [9.17, 15) is 0 Å². The molecule has 3 aromatic rings. The highest BCUT2D eigenvalue weighted by Gasteiger charge is 2.05. The molecule has 0 fully saturated rings. The van der Waals surface area contributed by atoms with Crippen molar-refractivity contribution >= 4 is 45.2 Å². The average Bonchev–Trinajstić information content (AvgIpc) is 2.69. The Morgan fingerprint density at radius 3 is 2.69 bits per heavy atom. The molecule has 0 aliphatic rings. The number of aromatic amines is 1. The lowest BCUT2D eigenvalue weighted by Crippen LogP contribution is -1.92. The van der Waals surface area contributed by atoms with Gasteiger partial charge in [-0.3, -0.25) is 0 Å². The SMILES string of the molecule is S=CNc1cccc2c1[nH]c1ccccc12.